The fourth-order valence-electron chi connectivity index (χ4n) is 5.37. The maximum atomic E-state index is 11.0. The molecule has 1 N–H and O–H groups in total. The lowest BCUT2D eigenvalue weighted by Gasteiger charge is -2.59. The average molecular weight is 287 g/mol. The minimum atomic E-state index is -0.354. The number of hydrogen-bond acceptors (Lipinski definition) is 3. The molecule has 4 rings (SSSR count). The second-order valence-corrected chi connectivity index (χ2v) is 7.13. The quantitative estimate of drug-likeness (QED) is 0.862. The van der Waals surface area contributed by atoms with Gasteiger partial charge in [-0.15, -0.1) is 0 Å². The standard InChI is InChI=1S/C18H25NO2/c1-19-10-9-18-8-4-3-5-14(18)16(19)17(20)13-7-6-12(21-2)11-15(13)18/h6-7,11,14,16-17,20H,3-5,8-10H2,1-2H3/t14-,16+,17?,18+/m1/s1. The van der Waals surface area contributed by atoms with Crippen molar-refractivity contribution in [1.82, 2.24) is 4.90 Å². The number of aliphatic hydroxyl groups excluding tert-OH is 1. The average Bonchev–Trinajstić information content (AvgIpc) is 2.53. The van der Waals surface area contributed by atoms with Crippen LogP contribution in [0.4, 0.5) is 0 Å². The molecule has 1 aromatic carbocycles. The molecule has 0 radical (unpaired) electrons. The number of likely N-dealkylation sites (N-methyl/N-ethyl adjacent to an activating group) is 1. The third-order valence-corrected chi connectivity index (χ3v) is 6.37. The molecule has 114 valence electrons. The van der Waals surface area contributed by atoms with Gasteiger partial charge in [0.1, 0.15) is 5.75 Å². The third-order valence-electron chi connectivity index (χ3n) is 6.37. The van der Waals surface area contributed by atoms with E-state index in [-0.39, 0.29) is 11.5 Å². The summed E-state index contributed by atoms with van der Waals surface area (Å²) >= 11 is 0. The summed E-state index contributed by atoms with van der Waals surface area (Å²) < 4.78 is 5.46. The smallest absolute Gasteiger partial charge is 0.119 e. The number of fused-ring (bicyclic) bond motifs is 1. The molecule has 0 amide bonds. The van der Waals surface area contributed by atoms with Crippen molar-refractivity contribution < 1.29 is 9.84 Å². The summed E-state index contributed by atoms with van der Waals surface area (Å²) in [6, 6.07) is 6.59. The van der Waals surface area contributed by atoms with E-state index in [2.05, 4.69) is 24.1 Å². The number of likely N-dealkylation sites (tertiary alicyclic amines) is 1. The first-order chi connectivity index (χ1) is 10.2. The molecule has 3 nitrogen and oxygen atoms in total. The molecular formula is C18H25NO2. The Labute approximate surface area is 126 Å². The fourth-order valence-corrected chi connectivity index (χ4v) is 5.37. The third kappa shape index (κ3) is 1.74. The summed E-state index contributed by atoms with van der Waals surface area (Å²) in [6.07, 6.45) is 6.02. The monoisotopic (exact) mass is 287 g/mol. The number of rotatable bonds is 1. The zero-order valence-electron chi connectivity index (χ0n) is 13.0. The van der Waals surface area contributed by atoms with E-state index in [1.165, 1.54) is 37.7 Å². The molecular weight excluding hydrogens is 262 g/mol. The largest absolute Gasteiger partial charge is 0.497 e. The zero-order valence-corrected chi connectivity index (χ0v) is 13.0. The van der Waals surface area contributed by atoms with Crippen LogP contribution in [0.25, 0.3) is 0 Å². The lowest BCUT2D eigenvalue weighted by Crippen LogP contribution is -2.61. The molecule has 1 unspecified atom stereocenters. The predicted molar refractivity (Wildman–Crippen MR) is 82.6 cm³/mol. The van der Waals surface area contributed by atoms with Crippen LogP contribution < -0.4 is 4.74 Å². The second kappa shape index (κ2) is 4.72. The first kappa shape index (κ1) is 13.6. The van der Waals surface area contributed by atoms with Crippen LogP contribution in [-0.2, 0) is 5.41 Å². The molecule has 0 aromatic heterocycles. The Balaban J connectivity index is 1.92. The van der Waals surface area contributed by atoms with Gasteiger partial charge in [0.15, 0.2) is 0 Å². The van der Waals surface area contributed by atoms with Gasteiger partial charge in [0, 0.05) is 11.5 Å². The molecule has 1 aliphatic heterocycles. The Morgan fingerprint density at radius 1 is 1.29 bits per heavy atom. The summed E-state index contributed by atoms with van der Waals surface area (Å²) in [7, 11) is 3.91. The lowest BCUT2D eigenvalue weighted by atomic mass is 9.52. The number of aliphatic hydroxyl groups is 1. The zero-order chi connectivity index (χ0) is 14.6. The van der Waals surface area contributed by atoms with E-state index in [0.717, 1.165) is 17.9 Å². The van der Waals surface area contributed by atoms with Crippen molar-refractivity contribution in [1.29, 1.82) is 0 Å². The van der Waals surface area contributed by atoms with Gasteiger partial charge in [0.2, 0.25) is 0 Å². The molecule has 1 saturated heterocycles. The van der Waals surface area contributed by atoms with E-state index in [9.17, 15) is 5.11 Å². The van der Waals surface area contributed by atoms with Crippen molar-refractivity contribution in [3.8, 4) is 5.75 Å². The van der Waals surface area contributed by atoms with Gasteiger partial charge in [-0.2, -0.15) is 0 Å². The highest BCUT2D eigenvalue weighted by Crippen LogP contribution is 2.58. The lowest BCUT2D eigenvalue weighted by molar-refractivity contribution is -0.0680. The summed E-state index contributed by atoms with van der Waals surface area (Å²) in [6.45, 7) is 1.09. The van der Waals surface area contributed by atoms with Crippen molar-refractivity contribution in [2.24, 2.45) is 5.92 Å². The summed E-state index contributed by atoms with van der Waals surface area (Å²) in [5.41, 5.74) is 2.80. The number of ether oxygens (including phenoxy) is 1. The van der Waals surface area contributed by atoms with Gasteiger partial charge in [0.05, 0.1) is 13.2 Å². The van der Waals surface area contributed by atoms with Gasteiger partial charge in [-0.05, 0) is 62.0 Å². The van der Waals surface area contributed by atoms with E-state index < -0.39 is 0 Å². The first-order valence-electron chi connectivity index (χ1n) is 8.24. The fraction of sp³-hybridized carbons (Fsp3) is 0.667. The van der Waals surface area contributed by atoms with Crippen molar-refractivity contribution in [3.05, 3.63) is 29.3 Å². The van der Waals surface area contributed by atoms with Crippen LogP contribution in [0.15, 0.2) is 18.2 Å². The minimum absolute atomic E-state index is 0.276. The van der Waals surface area contributed by atoms with Crippen LogP contribution in [0.5, 0.6) is 5.75 Å². The number of methoxy groups -OCH3 is 1. The molecule has 3 aliphatic rings. The van der Waals surface area contributed by atoms with E-state index in [0.29, 0.717) is 12.0 Å². The maximum absolute atomic E-state index is 11.0. The predicted octanol–water partition coefficient (Wildman–Crippen LogP) is 2.87. The second-order valence-electron chi connectivity index (χ2n) is 7.13. The highest BCUT2D eigenvalue weighted by molar-refractivity contribution is 5.47. The highest BCUT2D eigenvalue weighted by Gasteiger charge is 2.56. The Bertz CT molecular complexity index is 558. The summed E-state index contributed by atoms with van der Waals surface area (Å²) in [5.74, 6) is 1.52. The highest BCUT2D eigenvalue weighted by atomic mass is 16.5. The van der Waals surface area contributed by atoms with E-state index in [1.807, 2.05) is 6.07 Å². The van der Waals surface area contributed by atoms with Crippen LogP contribution in [-0.4, -0.2) is 36.8 Å². The van der Waals surface area contributed by atoms with Crippen molar-refractivity contribution in [2.75, 3.05) is 20.7 Å². The number of piperidine rings is 1. The molecule has 2 bridgehead atoms. The number of hydrogen-bond donors (Lipinski definition) is 1. The van der Waals surface area contributed by atoms with Gasteiger partial charge >= 0.3 is 0 Å². The van der Waals surface area contributed by atoms with Crippen LogP contribution in [0, 0.1) is 5.92 Å². The number of nitrogens with zero attached hydrogens (tertiary/aromatic N) is 1. The normalized spacial score (nSPS) is 38.5. The maximum Gasteiger partial charge on any atom is 0.119 e. The Kier molecular flexibility index (Phi) is 3.05. The van der Waals surface area contributed by atoms with Crippen molar-refractivity contribution >= 4 is 0 Å². The molecule has 2 fully saturated rings. The van der Waals surface area contributed by atoms with E-state index in [1.54, 1.807) is 7.11 Å². The Morgan fingerprint density at radius 3 is 2.95 bits per heavy atom. The topological polar surface area (TPSA) is 32.7 Å². The molecule has 4 atom stereocenters. The van der Waals surface area contributed by atoms with Crippen LogP contribution in [0.2, 0.25) is 0 Å². The summed E-state index contributed by atoms with van der Waals surface area (Å²) in [4.78, 5) is 2.39. The Hall–Kier alpha value is -1.06. The van der Waals surface area contributed by atoms with Crippen molar-refractivity contribution in [2.45, 2.75) is 49.7 Å². The van der Waals surface area contributed by atoms with E-state index >= 15 is 0 Å². The van der Waals surface area contributed by atoms with E-state index in [4.69, 9.17) is 4.74 Å². The van der Waals surface area contributed by atoms with Crippen molar-refractivity contribution in [3.63, 3.8) is 0 Å². The number of benzene rings is 1. The van der Waals surface area contributed by atoms with Gasteiger partial charge < -0.3 is 14.7 Å². The molecule has 2 aliphatic carbocycles. The molecule has 0 spiro atoms. The van der Waals surface area contributed by atoms with Gasteiger partial charge in [-0.1, -0.05) is 18.9 Å². The molecule has 1 aromatic rings. The van der Waals surface area contributed by atoms with Crippen LogP contribution in [0.3, 0.4) is 0 Å². The van der Waals surface area contributed by atoms with Crippen LogP contribution >= 0.6 is 0 Å². The van der Waals surface area contributed by atoms with Crippen LogP contribution in [0.1, 0.15) is 49.3 Å². The molecule has 21 heavy (non-hydrogen) atoms. The molecule has 1 heterocycles. The molecule has 3 heteroatoms. The SMILES string of the molecule is COc1ccc2c(c1)[C@]13CCCC[C@@H]1[C@@H](C2O)N(C)CC3. The minimum Gasteiger partial charge on any atom is -0.497 e. The van der Waals surface area contributed by atoms with Gasteiger partial charge in [-0.3, -0.25) is 0 Å². The first-order valence-corrected chi connectivity index (χ1v) is 8.24. The van der Waals surface area contributed by atoms with Gasteiger partial charge in [-0.25, -0.2) is 0 Å². The Morgan fingerprint density at radius 2 is 2.14 bits per heavy atom. The van der Waals surface area contributed by atoms with Gasteiger partial charge in [0.25, 0.3) is 0 Å². The molecule has 1 saturated carbocycles. The summed E-state index contributed by atoms with van der Waals surface area (Å²) in [5, 5.41) is 11.0.